The van der Waals surface area contributed by atoms with Gasteiger partial charge in [0, 0.05) is 11.8 Å². The minimum atomic E-state index is -0.690. The van der Waals surface area contributed by atoms with E-state index in [0.29, 0.717) is 11.4 Å². The van der Waals surface area contributed by atoms with Crippen LogP contribution in [0.1, 0.15) is 0 Å². The number of rotatable bonds is 5. The van der Waals surface area contributed by atoms with Gasteiger partial charge in [0.25, 0.3) is 5.56 Å². The van der Waals surface area contributed by atoms with Crippen molar-refractivity contribution in [1.29, 1.82) is 0 Å². The highest BCUT2D eigenvalue weighted by Crippen LogP contribution is 2.17. The van der Waals surface area contributed by atoms with Crippen LogP contribution in [0, 0.1) is 0 Å². The van der Waals surface area contributed by atoms with Crippen LogP contribution >= 0.6 is 11.8 Å². The highest BCUT2D eigenvalue weighted by Gasteiger charge is 2.08. The number of amides is 1. The quantitative estimate of drug-likeness (QED) is 0.679. The molecule has 0 aliphatic rings. The third kappa shape index (κ3) is 4.21. The molecule has 0 fully saturated rings. The summed E-state index contributed by atoms with van der Waals surface area (Å²) >= 11 is 0.925. The zero-order valence-electron chi connectivity index (χ0n) is 11.0. The summed E-state index contributed by atoms with van der Waals surface area (Å²) in [6.45, 7) is 0. The van der Waals surface area contributed by atoms with Crippen LogP contribution in [0.2, 0.25) is 0 Å². The van der Waals surface area contributed by atoms with Crippen molar-refractivity contribution in [2.45, 2.75) is 5.03 Å². The van der Waals surface area contributed by atoms with Crippen LogP contribution in [0.5, 0.6) is 5.75 Å². The smallest absolute Gasteiger partial charge is 0.342 e. The van der Waals surface area contributed by atoms with E-state index in [2.05, 4.69) is 15.5 Å². The van der Waals surface area contributed by atoms with Crippen molar-refractivity contribution in [3.8, 4) is 5.75 Å². The average molecular weight is 308 g/mol. The normalized spacial score (nSPS) is 10.1. The fraction of sp³-hybridized carbons (Fsp3) is 0.167. The van der Waals surface area contributed by atoms with Crippen molar-refractivity contribution in [2.24, 2.45) is 0 Å². The first-order valence-electron chi connectivity index (χ1n) is 5.84. The van der Waals surface area contributed by atoms with Gasteiger partial charge in [-0.25, -0.2) is 9.89 Å². The van der Waals surface area contributed by atoms with Gasteiger partial charge in [0.1, 0.15) is 5.75 Å². The van der Waals surface area contributed by atoms with Gasteiger partial charge < -0.3 is 10.1 Å². The third-order valence-electron chi connectivity index (χ3n) is 2.37. The number of nitrogens with zero attached hydrogens (tertiary/aromatic N) is 1. The average Bonchev–Trinajstić information content (AvgIpc) is 2.46. The second-order valence-corrected chi connectivity index (χ2v) is 4.84. The molecule has 0 atom stereocenters. The van der Waals surface area contributed by atoms with Gasteiger partial charge in [0.2, 0.25) is 5.91 Å². The third-order valence-corrected chi connectivity index (χ3v) is 3.33. The van der Waals surface area contributed by atoms with E-state index in [4.69, 9.17) is 4.74 Å². The Labute approximate surface area is 122 Å². The summed E-state index contributed by atoms with van der Waals surface area (Å²) in [6, 6.07) is 6.90. The summed E-state index contributed by atoms with van der Waals surface area (Å²) in [5, 5.41) is 8.35. The molecule has 0 saturated carbocycles. The van der Waals surface area contributed by atoms with Gasteiger partial charge in [-0.05, 0) is 12.1 Å². The van der Waals surface area contributed by atoms with E-state index >= 15 is 0 Å². The van der Waals surface area contributed by atoms with E-state index in [1.54, 1.807) is 24.3 Å². The van der Waals surface area contributed by atoms with Crippen LogP contribution in [0.4, 0.5) is 5.69 Å². The van der Waals surface area contributed by atoms with Crippen LogP contribution in [-0.4, -0.2) is 34.0 Å². The zero-order valence-corrected chi connectivity index (χ0v) is 11.8. The molecule has 0 spiro atoms. The van der Waals surface area contributed by atoms with Gasteiger partial charge in [-0.1, -0.05) is 17.8 Å². The summed E-state index contributed by atoms with van der Waals surface area (Å²) in [5.74, 6) is 0.305. The fourth-order valence-electron chi connectivity index (χ4n) is 1.47. The van der Waals surface area contributed by atoms with Gasteiger partial charge in [0.05, 0.1) is 12.9 Å². The molecule has 2 rings (SSSR count). The zero-order chi connectivity index (χ0) is 15.2. The molecule has 3 N–H and O–H groups in total. The predicted molar refractivity (Wildman–Crippen MR) is 77.8 cm³/mol. The largest absolute Gasteiger partial charge is 0.497 e. The Morgan fingerprint density at radius 3 is 2.95 bits per heavy atom. The molecular formula is C12H12N4O4S. The molecule has 0 aliphatic heterocycles. The molecule has 9 heteroatoms. The molecule has 8 nitrogen and oxygen atoms in total. The molecule has 1 heterocycles. The molecule has 1 aromatic carbocycles. The lowest BCUT2D eigenvalue weighted by Gasteiger charge is -2.06. The standard InChI is InChI=1S/C12H12N4O4S/c1-20-8-4-2-3-7(5-8)13-9(17)6-21-11-10(18)14-12(19)16-15-11/h2-5H,6H2,1H3,(H,13,17)(H2,14,16,18,19). The molecule has 1 amide bonds. The number of nitrogens with one attached hydrogen (secondary N) is 3. The topological polar surface area (TPSA) is 117 Å². The lowest BCUT2D eigenvalue weighted by atomic mass is 10.3. The molecular weight excluding hydrogens is 296 g/mol. The van der Waals surface area contributed by atoms with E-state index < -0.39 is 11.2 Å². The Kier molecular flexibility index (Phi) is 4.77. The summed E-state index contributed by atoms with van der Waals surface area (Å²) in [6.07, 6.45) is 0. The highest BCUT2D eigenvalue weighted by molar-refractivity contribution is 7.99. The number of hydrogen-bond acceptors (Lipinski definition) is 6. The first-order valence-corrected chi connectivity index (χ1v) is 6.83. The molecule has 0 saturated heterocycles. The second kappa shape index (κ2) is 6.75. The van der Waals surface area contributed by atoms with Crippen molar-refractivity contribution in [1.82, 2.24) is 15.2 Å². The Balaban J connectivity index is 1.95. The Morgan fingerprint density at radius 2 is 2.24 bits per heavy atom. The van der Waals surface area contributed by atoms with Crippen LogP contribution in [0.15, 0.2) is 38.9 Å². The molecule has 0 unspecified atom stereocenters. The number of hydrogen-bond donors (Lipinski definition) is 3. The molecule has 2 aromatic rings. The minimum Gasteiger partial charge on any atom is -0.497 e. The van der Waals surface area contributed by atoms with Crippen molar-refractivity contribution in [3.63, 3.8) is 0 Å². The number of ether oxygens (including phenoxy) is 1. The fourth-order valence-corrected chi connectivity index (χ4v) is 2.10. The number of methoxy groups -OCH3 is 1. The SMILES string of the molecule is COc1cccc(NC(=O)CSc2n[nH]c(=O)[nH]c2=O)c1. The van der Waals surface area contributed by atoms with E-state index in [0.717, 1.165) is 11.8 Å². The van der Waals surface area contributed by atoms with E-state index in [-0.39, 0.29) is 16.7 Å². The molecule has 21 heavy (non-hydrogen) atoms. The Morgan fingerprint density at radius 1 is 1.43 bits per heavy atom. The maximum absolute atomic E-state index is 11.8. The lowest BCUT2D eigenvalue weighted by Crippen LogP contribution is -2.25. The van der Waals surface area contributed by atoms with E-state index in [1.165, 1.54) is 7.11 Å². The lowest BCUT2D eigenvalue weighted by molar-refractivity contribution is -0.113. The molecule has 110 valence electrons. The summed E-state index contributed by atoms with van der Waals surface area (Å²) in [7, 11) is 1.53. The van der Waals surface area contributed by atoms with Gasteiger partial charge in [-0.15, -0.1) is 0 Å². The number of carbonyl (C=O) groups is 1. The molecule has 1 aromatic heterocycles. The van der Waals surface area contributed by atoms with Crippen molar-refractivity contribution >= 4 is 23.4 Å². The van der Waals surface area contributed by atoms with Crippen molar-refractivity contribution in [3.05, 3.63) is 45.1 Å². The van der Waals surface area contributed by atoms with Crippen molar-refractivity contribution in [2.75, 3.05) is 18.2 Å². The highest BCUT2D eigenvalue weighted by atomic mass is 32.2. The maximum atomic E-state index is 11.8. The minimum absolute atomic E-state index is 0.0146. The number of carbonyl (C=O) groups excluding carboxylic acids is 1. The van der Waals surface area contributed by atoms with Crippen LogP contribution in [0.3, 0.4) is 0 Å². The summed E-state index contributed by atoms with van der Waals surface area (Å²) in [5.41, 5.74) is -0.730. The molecule has 0 bridgehead atoms. The molecule has 0 aliphatic carbocycles. The number of aromatic nitrogens is 3. The van der Waals surface area contributed by atoms with Gasteiger partial charge in [-0.3, -0.25) is 14.6 Å². The van der Waals surface area contributed by atoms with Crippen LogP contribution < -0.4 is 21.3 Å². The van der Waals surface area contributed by atoms with Gasteiger partial charge in [0.15, 0.2) is 5.03 Å². The Hall–Kier alpha value is -2.55. The number of H-pyrrole nitrogens is 2. The number of aromatic amines is 2. The van der Waals surface area contributed by atoms with Gasteiger partial charge >= 0.3 is 5.69 Å². The first-order chi connectivity index (χ1) is 10.1. The van der Waals surface area contributed by atoms with E-state index in [9.17, 15) is 14.4 Å². The maximum Gasteiger partial charge on any atom is 0.342 e. The van der Waals surface area contributed by atoms with Gasteiger partial charge in [-0.2, -0.15) is 5.10 Å². The number of anilines is 1. The number of thioether (sulfide) groups is 1. The van der Waals surface area contributed by atoms with Crippen LogP contribution in [-0.2, 0) is 4.79 Å². The van der Waals surface area contributed by atoms with E-state index in [1.807, 2.05) is 4.98 Å². The summed E-state index contributed by atoms with van der Waals surface area (Å²) in [4.78, 5) is 36.0. The first kappa shape index (κ1) is 14.9. The second-order valence-electron chi connectivity index (χ2n) is 3.88. The monoisotopic (exact) mass is 308 g/mol. The predicted octanol–water partition coefficient (Wildman–Crippen LogP) is 0.198. The van der Waals surface area contributed by atoms with Crippen LogP contribution in [0.25, 0.3) is 0 Å². The number of benzene rings is 1. The molecule has 0 radical (unpaired) electrons. The summed E-state index contributed by atoms with van der Waals surface area (Å²) < 4.78 is 5.05. The Bertz CT molecular complexity index is 755. The van der Waals surface area contributed by atoms with Crippen molar-refractivity contribution < 1.29 is 9.53 Å².